The van der Waals surface area contributed by atoms with Gasteiger partial charge in [0.05, 0.1) is 6.61 Å². The summed E-state index contributed by atoms with van der Waals surface area (Å²) in [5.74, 6) is -0.224. The number of halogens is 2. The Morgan fingerprint density at radius 3 is 2.69 bits per heavy atom. The van der Waals surface area contributed by atoms with Crippen LogP contribution in [0.4, 0.5) is 19.3 Å². The number of nitrogens with zero attached hydrogens (tertiary/aromatic N) is 2. The second-order valence-corrected chi connectivity index (χ2v) is 6.43. The Kier molecular flexibility index (Phi) is 6.73. The maximum atomic E-state index is 14.3. The number of hydrogen-bond donors (Lipinski definition) is 3. The van der Waals surface area contributed by atoms with Crippen molar-refractivity contribution in [2.75, 3.05) is 31.9 Å². The Morgan fingerprint density at radius 1 is 1.34 bits per heavy atom. The number of carbonyl (C=O) groups is 1. The maximum Gasteiger partial charge on any atom is 0.322 e. The molecular formula is C20H21F2N3O4. The first-order chi connectivity index (χ1) is 14.0. The lowest BCUT2D eigenvalue weighted by atomic mass is 10.0. The third kappa shape index (κ3) is 5.07. The molecule has 1 aliphatic rings. The number of pyridine rings is 1. The molecule has 7 nitrogen and oxygen atoms in total. The fourth-order valence-electron chi connectivity index (χ4n) is 2.95. The van der Waals surface area contributed by atoms with Crippen molar-refractivity contribution >= 4 is 17.3 Å². The van der Waals surface area contributed by atoms with E-state index in [0.717, 1.165) is 6.07 Å². The number of alkyl halides is 1. The molecule has 0 aliphatic carbocycles. The molecule has 1 atom stereocenters. The number of anilines is 1. The zero-order valence-corrected chi connectivity index (χ0v) is 15.5. The number of amides is 2. The number of ether oxygens (including phenoxy) is 1. The van der Waals surface area contributed by atoms with E-state index in [1.165, 1.54) is 6.20 Å². The normalized spacial score (nSPS) is 14.9. The fraction of sp³-hybridized carbons (Fsp3) is 0.300. The van der Waals surface area contributed by atoms with Crippen LogP contribution in [0.1, 0.15) is 23.8 Å². The topological polar surface area (TPSA) is 94.9 Å². The SMILES string of the molecule is O=C(Nc1ccc(OCF)cc1)N1CC=C(c2ncc([C@H](O)CO)cc2F)CC1. The summed E-state index contributed by atoms with van der Waals surface area (Å²) >= 11 is 0. The number of rotatable bonds is 6. The predicted octanol–water partition coefficient (Wildman–Crippen LogP) is 2.87. The van der Waals surface area contributed by atoms with Gasteiger partial charge in [-0.25, -0.2) is 13.6 Å². The number of carbonyl (C=O) groups excluding carboxylic acids is 1. The van der Waals surface area contributed by atoms with Gasteiger partial charge in [-0.3, -0.25) is 4.98 Å². The van der Waals surface area contributed by atoms with E-state index in [4.69, 9.17) is 9.84 Å². The number of aliphatic hydroxyl groups is 2. The molecule has 1 aromatic heterocycles. The molecule has 2 amide bonds. The molecule has 154 valence electrons. The van der Waals surface area contributed by atoms with Crippen molar-refractivity contribution in [3.8, 4) is 5.75 Å². The maximum absolute atomic E-state index is 14.3. The molecule has 29 heavy (non-hydrogen) atoms. The van der Waals surface area contributed by atoms with E-state index >= 15 is 0 Å². The molecule has 3 N–H and O–H groups in total. The number of aliphatic hydroxyl groups excluding tert-OH is 2. The number of aromatic nitrogens is 1. The van der Waals surface area contributed by atoms with Crippen molar-refractivity contribution in [3.63, 3.8) is 0 Å². The second kappa shape index (κ2) is 9.44. The highest BCUT2D eigenvalue weighted by molar-refractivity contribution is 5.90. The molecule has 0 radical (unpaired) electrons. The third-order valence-corrected chi connectivity index (χ3v) is 4.55. The van der Waals surface area contributed by atoms with Gasteiger partial charge in [-0.15, -0.1) is 0 Å². The highest BCUT2D eigenvalue weighted by Crippen LogP contribution is 2.25. The van der Waals surface area contributed by atoms with Gasteiger partial charge in [-0.1, -0.05) is 6.08 Å². The van der Waals surface area contributed by atoms with Gasteiger partial charge < -0.3 is 25.2 Å². The summed E-state index contributed by atoms with van der Waals surface area (Å²) in [5, 5.41) is 21.3. The monoisotopic (exact) mass is 405 g/mol. The first-order valence-corrected chi connectivity index (χ1v) is 9.00. The molecule has 2 heterocycles. The van der Waals surface area contributed by atoms with E-state index in [9.17, 15) is 18.7 Å². The standard InChI is InChI=1S/C20H21F2N3O4/c21-12-29-16-3-1-15(2-4-16)24-20(28)25-7-5-13(6-8-25)19-17(22)9-14(10-23-19)18(27)11-26/h1-5,9-10,18,26-27H,6-8,11-12H2,(H,24,28)/t18-/m1/s1. The second-order valence-electron chi connectivity index (χ2n) is 6.43. The van der Waals surface area contributed by atoms with E-state index in [1.807, 2.05) is 0 Å². The van der Waals surface area contributed by atoms with Gasteiger partial charge in [-0.05, 0) is 42.3 Å². The van der Waals surface area contributed by atoms with Gasteiger partial charge in [0.2, 0.25) is 6.86 Å². The Morgan fingerprint density at radius 2 is 2.10 bits per heavy atom. The lowest BCUT2D eigenvalue weighted by Crippen LogP contribution is -2.38. The van der Waals surface area contributed by atoms with E-state index in [0.29, 0.717) is 30.0 Å². The molecule has 1 aliphatic heterocycles. The zero-order valence-electron chi connectivity index (χ0n) is 15.5. The van der Waals surface area contributed by atoms with Crippen LogP contribution in [0, 0.1) is 5.82 Å². The minimum absolute atomic E-state index is 0.169. The van der Waals surface area contributed by atoms with Crippen LogP contribution >= 0.6 is 0 Å². The molecular weight excluding hydrogens is 384 g/mol. The molecule has 0 saturated heterocycles. The average Bonchev–Trinajstić information content (AvgIpc) is 2.75. The van der Waals surface area contributed by atoms with Crippen LogP contribution in [0.5, 0.6) is 5.75 Å². The minimum atomic E-state index is -1.18. The van der Waals surface area contributed by atoms with Gasteiger partial charge in [0, 0.05) is 30.5 Å². The van der Waals surface area contributed by atoms with E-state index < -0.39 is 25.4 Å². The van der Waals surface area contributed by atoms with Crippen LogP contribution in [-0.2, 0) is 0 Å². The summed E-state index contributed by atoms with van der Waals surface area (Å²) in [7, 11) is 0. The van der Waals surface area contributed by atoms with E-state index in [2.05, 4.69) is 10.3 Å². The Hall–Kier alpha value is -3.04. The van der Waals surface area contributed by atoms with Gasteiger partial charge in [0.25, 0.3) is 0 Å². The van der Waals surface area contributed by atoms with Crippen LogP contribution in [0.25, 0.3) is 5.57 Å². The summed E-state index contributed by atoms with van der Waals surface area (Å²) in [4.78, 5) is 18.0. The number of urea groups is 1. The summed E-state index contributed by atoms with van der Waals surface area (Å²) < 4.78 is 31.2. The van der Waals surface area contributed by atoms with E-state index in [-0.39, 0.29) is 23.8 Å². The first kappa shape index (κ1) is 20.7. The molecule has 2 aromatic rings. The van der Waals surface area contributed by atoms with Gasteiger partial charge >= 0.3 is 6.03 Å². The molecule has 3 rings (SSSR count). The Balaban J connectivity index is 1.62. The van der Waals surface area contributed by atoms with Crippen molar-refractivity contribution in [3.05, 3.63) is 59.7 Å². The van der Waals surface area contributed by atoms with Crippen LogP contribution in [0.2, 0.25) is 0 Å². The Labute approximate surface area is 166 Å². The third-order valence-electron chi connectivity index (χ3n) is 4.55. The summed E-state index contributed by atoms with van der Waals surface area (Å²) in [6.45, 7) is -0.775. The van der Waals surface area contributed by atoms with Crippen molar-refractivity contribution in [2.45, 2.75) is 12.5 Å². The molecule has 0 saturated carbocycles. The largest absolute Gasteiger partial charge is 0.463 e. The van der Waals surface area contributed by atoms with Crippen LogP contribution < -0.4 is 10.1 Å². The van der Waals surface area contributed by atoms with Crippen molar-refractivity contribution in [2.24, 2.45) is 0 Å². The molecule has 0 spiro atoms. The number of hydrogen-bond acceptors (Lipinski definition) is 5. The Bertz CT molecular complexity index is 890. The van der Waals surface area contributed by atoms with Crippen LogP contribution in [0.3, 0.4) is 0 Å². The summed E-state index contributed by atoms with van der Waals surface area (Å²) in [5.41, 5.74) is 1.59. The highest BCUT2D eigenvalue weighted by atomic mass is 19.1. The lowest BCUT2D eigenvalue weighted by Gasteiger charge is -2.26. The minimum Gasteiger partial charge on any atom is -0.463 e. The number of nitrogens with one attached hydrogen (secondary N) is 1. The van der Waals surface area contributed by atoms with Crippen molar-refractivity contribution in [1.29, 1.82) is 0 Å². The average molecular weight is 405 g/mol. The molecule has 9 heteroatoms. The van der Waals surface area contributed by atoms with Gasteiger partial charge in [0.1, 0.15) is 23.4 Å². The molecule has 0 bridgehead atoms. The quantitative estimate of drug-likeness (QED) is 0.687. The molecule has 1 aromatic carbocycles. The highest BCUT2D eigenvalue weighted by Gasteiger charge is 2.21. The summed E-state index contributed by atoms with van der Waals surface area (Å²) in [6, 6.07) is 7.16. The zero-order chi connectivity index (χ0) is 20.8. The van der Waals surface area contributed by atoms with Crippen LogP contribution in [-0.4, -0.2) is 52.7 Å². The van der Waals surface area contributed by atoms with Crippen molar-refractivity contribution in [1.82, 2.24) is 9.88 Å². The smallest absolute Gasteiger partial charge is 0.322 e. The first-order valence-electron chi connectivity index (χ1n) is 9.00. The van der Waals surface area contributed by atoms with Gasteiger partial charge in [0.15, 0.2) is 0 Å². The predicted molar refractivity (Wildman–Crippen MR) is 102 cm³/mol. The number of benzene rings is 1. The molecule has 0 fully saturated rings. The van der Waals surface area contributed by atoms with Crippen LogP contribution in [0.15, 0.2) is 42.6 Å². The summed E-state index contributed by atoms with van der Waals surface area (Å²) in [6.07, 6.45) is 2.30. The lowest BCUT2D eigenvalue weighted by molar-refractivity contribution is 0.0950. The van der Waals surface area contributed by atoms with Gasteiger partial charge in [-0.2, -0.15) is 0 Å². The fourth-order valence-corrected chi connectivity index (χ4v) is 2.95. The van der Waals surface area contributed by atoms with Crippen molar-refractivity contribution < 1.29 is 28.5 Å². The molecule has 0 unspecified atom stereocenters. The van der Waals surface area contributed by atoms with E-state index in [1.54, 1.807) is 35.2 Å².